The van der Waals surface area contributed by atoms with Crippen LogP contribution in [0.4, 0.5) is 5.69 Å². The Morgan fingerprint density at radius 1 is 1.25 bits per heavy atom. The third-order valence-electron chi connectivity index (χ3n) is 4.59. The summed E-state index contributed by atoms with van der Waals surface area (Å²) in [6.07, 6.45) is 0.494. The van der Waals surface area contributed by atoms with Crippen molar-refractivity contribution in [2.24, 2.45) is 12.0 Å². The van der Waals surface area contributed by atoms with Crippen LogP contribution in [0.1, 0.15) is 22.8 Å². The van der Waals surface area contributed by atoms with Crippen molar-refractivity contribution in [3.63, 3.8) is 0 Å². The number of hydrogen-bond acceptors (Lipinski definition) is 5. The van der Waals surface area contributed by atoms with E-state index in [0.717, 1.165) is 20.6 Å². The number of aromatic nitrogens is 2. The highest BCUT2D eigenvalue weighted by Crippen LogP contribution is 2.45. The highest BCUT2D eigenvalue weighted by Gasteiger charge is 2.26. The molecule has 8 heteroatoms. The van der Waals surface area contributed by atoms with Gasteiger partial charge in [0.25, 0.3) is 5.56 Å². The average molecular weight is 474 g/mol. The van der Waals surface area contributed by atoms with Gasteiger partial charge in [0.15, 0.2) is 4.77 Å². The summed E-state index contributed by atoms with van der Waals surface area (Å²) in [5.74, 6) is -0.175. The van der Waals surface area contributed by atoms with Crippen molar-refractivity contribution in [2.75, 3.05) is 0 Å². The fourth-order valence-electron chi connectivity index (χ4n) is 3.10. The van der Waals surface area contributed by atoms with Crippen LogP contribution in [0.3, 0.4) is 0 Å². The van der Waals surface area contributed by atoms with Gasteiger partial charge in [-0.1, -0.05) is 40.2 Å². The number of rotatable bonds is 2. The molecule has 4 rings (SSSR count). The Kier molecular flexibility index (Phi) is 5.27. The van der Waals surface area contributed by atoms with Gasteiger partial charge in [-0.25, -0.2) is 0 Å². The summed E-state index contributed by atoms with van der Waals surface area (Å²) in [7, 11) is 1.61. The summed E-state index contributed by atoms with van der Waals surface area (Å²) in [4.78, 5) is 21.0. The quantitative estimate of drug-likeness (QED) is 0.497. The van der Waals surface area contributed by atoms with Gasteiger partial charge in [0.1, 0.15) is 5.56 Å². The second-order valence-corrected chi connectivity index (χ2v) is 8.95. The fourth-order valence-corrected chi connectivity index (χ4v) is 4.78. The predicted octanol–water partition coefficient (Wildman–Crippen LogP) is 5.27. The Hall–Kier alpha value is -2.16. The number of nitrogens with zero attached hydrogens (tertiary/aromatic N) is 2. The molecule has 2 heterocycles. The number of benzene rings is 2. The minimum absolute atomic E-state index is 0.0442. The van der Waals surface area contributed by atoms with Crippen molar-refractivity contribution >= 4 is 51.3 Å². The zero-order chi connectivity index (χ0) is 19.8. The number of aromatic hydroxyl groups is 1. The summed E-state index contributed by atoms with van der Waals surface area (Å²) in [6.45, 7) is 0. The van der Waals surface area contributed by atoms with E-state index in [4.69, 9.17) is 17.2 Å². The van der Waals surface area contributed by atoms with Crippen LogP contribution in [-0.2, 0) is 7.05 Å². The zero-order valence-corrected chi connectivity index (χ0v) is 18.1. The molecule has 1 aromatic heterocycles. The molecule has 0 amide bonds. The summed E-state index contributed by atoms with van der Waals surface area (Å²) in [5.41, 5.74) is 2.17. The number of aromatic amines is 1. The maximum Gasteiger partial charge on any atom is 0.264 e. The zero-order valence-electron chi connectivity index (χ0n) is 14.8. The Labute approximate surface area is 179 Å². The molecule has 0 bridgehead atoms. The van der Waals surface area contributed by atoms with E-state index in [9.17, 15) is 9.90 Å². The van der Waals surface area contributed by atoms with Gasteiger partial charge in [-0.15, -0.1) is 11.8 Å². The second-order valence-electron chi connectivity index (χ2n) is 6.41. The van der Waals surface area contributed by atoms with E-state index in [2.05, 4.69) is 33.0 Å². The third kappa shape index (κ3) is 3.59. The lowest BCUT2D eigenvalue weighted by Gasteiger charge is -2.17. The molecule has 142 valence electrons. The van der Waals surface area contributed by atoms with Gasteiger partial charge in [0, 0.05) is 28.1 Å². The van der Waals surface area contributed by atoms with Crippen molar-refractivity contribution in [3.8, 4) is 5.88 Å². The fraction of sp³-hybridized carbons (Fsp3) is 0.150. The van der Waals surface area contributed by atoms with Gasteiger partial charge < -0.3 is 5.11 Å². The number of hydrogen-bond donors (Lipinski definition) is 2. The largest absolute Gasteiger partial charge is 0.494 e. The molecule has 2 aromatic carbocycles. The summed E-state index contributed by atoms with van der Waals surface area (Å²) in [5, 5.41) is 10.7. The molecule has 1 atom stereocenters. The second kappa shape index (κ2) is 7.69. The lowest BCUT2D eigenvalue weighted by Crippen LogP contribution is -2.23. The van der Waals surface area contributed by atoms with E-state index in [1.807, 2.05) is 36.4 Å². The molecule has 3 aromatic rings. The van der Waals surface area contributed by atoms with Gasteiger partial charge in [-0.2, -0.15) is 0 Å². The summed E-state index contributed by atoms with van der Waals surface area (Å²) >= 11 is 10.3. The molecule has 1 aliphatic rings. The van der Waals surface area contributed by atoms with Gasteiger partial charge in [-0.05, 0) is 42.0 Å². The number of H-pyrrole nitrogens is 1. The first-order chi connectivity index (χ1) is 13.4. The van der Waals surface area contributed by atoms with Crippen LogP contribution in [0.25, 0.3) is 0 Å². The summed E-state index contributed by atoms with van der Waals surface area (Å²) < 4.78 is 2.55. The minimum atomic E-state index is -0.432. The number of nitrogens with one attached hydrogen (secondary N) is 1. The normalized spacial score (nSPS) is 16.2. The van der Waals surface area contributed by atoms with Crippen LogP contribution in [0.5, 0.6) is 5.88 Å². The average Bonchev–Trinajstić information content (AvgIpc) is 2.86. The first-order valence-corrected chi connectivity index (χ1v) is 10.6. The van der Waals surface area contributed by atoms with Crippen molar-refractivity contribution in [1.29, 1.82) is 0 Å². The van der Waals surface area contributed by atoms with Crippen LogP contribution in [-0.4, -0.2) is 20.4 Å². The van der Waals surface area contributed by atoms with Gasteiger partial charge in [0.2, 0.25) is 5.88 Å². The first kappa shape index (κ1) is 19.2. The maximum atomic E-state index is 12.6. The Morgan fingerprint density at radius 2 is 1.96 bits per heavy atom. The molecule has 0 fully saturated rings. The number of aliphatic imine (C=N–C) groups is 1. The van der Waals surface area contributed by atoms with E-state index < -0.39 is 5.56 Å². The summed E-state index contributed by atoms with van der Waals surface area (Å²) in [6, 6.07) is 15.9. The molecular weight excluding hydrogens is 458 g/mol. The van der Waals surface area contributed by atoms with Crippen molar-refractivity contribution in [2.45, 2.75) is 16.6 Å². The monoisotopic (exact) mass is 473 g/mol. The minimum Gasteiger partial charge on any atom is -0.494 e. The standard InChI is InChI=1S/C20H16BrN3O2S2/c1-24-19(26)17(18(25)23-20(24)27)14-10-16(11-6-8-12(21)9-7-11)28-15-5-3-2-4-13(15)22-14/h2-9,16,26H,10H2,1H3,(H,23,25,27)/t16-/m0/s1. The van der Waals surface area contributed by atoms with Crippen molar-refractivity contribution < 1.29 is 5.11 Å². The van der Waals surface area contributed by atoms with Crippen LogP contribution >= 0.6 is 39.9 Å². The Bertz CT molecular complexity index is 1200. The molecule has 28 heavy (non-hydrogen) atoms. The molecule has 0 aliphatic carbocycles. The molecule has 0 spiro atoms. The van der Waals surface area contributed by atoms with Crippen LogP contribution < -0.4 is 5.56 Å². The van der Waals surface area contributed by atoms with Crippen molar-refractivity contribution in [3.05, 3.63) is 79.3 Å². The molecule has 0 saturated heterocycles. The highest BCUT2D eigenvalue weighted by atomic mass is 79.9. The van der Waals surface area contributed by atoms with Gasteiger partial charge in [-0.3, -0.25) is 19.3 Å². The SMILES string of the molecule is Cn1c(O)c(C2=Nc3ccccc3S[C@H](c3ccc(Br)cc3)C2)c(=O)[nH]c1=S. The molecule has 5 nitrogen and oxygen atoms in total. The van der Waals surface area contributed by atoms with Gasteiger partial charge in [0.05, 0.1) is 11.4 Å². The molecule has 0 unspecified atom stereocenters. The van der Waals surface area contributed by atoms with Crippen LogP contribution in [0.15, 0.2) is 67.7 Å². The van der Waals surface area contributed by atoms with Crippen LogP contribution in [0, 0.1) is 4.77 Å². The van der Waals surface area contributed by atoms with E-state index in [0.29, 0.717) is 12.1 Å². The van der Waals surface area contributed by atoms with E-state index in [1.165, 1.54) is 4.57 Å². The van der Waals surface area contributed by atoms with E-state index >= 15 is 0 Å². The Morgan fingerprint density at radius 3 is 2.71 bits per heavy atom. The number of halogens is 1. The smallest absolute Gasteiger partial charge is 0.264 e. The van der Waals surface area contributed by atoms with Crippen molar-refractivity contribution in [1.82, 2.24) is 9.55 Å². The van der Waals surface area contributed by atoms with E-state index in [-0.39, 0.29) is 21.5 Å². The van der Waals surface area contributed by atoms with Crippen LogP contribution in [0.2, 0.25) is 0 Å². The van der Waals surface area contributed by atoms with Gasteiger partial charge >= 0.3 is 0 Å². The Balaban J connectivity index is 1.90. The van der Waals surface area contributed by atoms with E-state index in [1.54, 1.807) is 18.8 Å². The molecule has 2 N–H and O–H groups in total. The number of para-hydroxylation sites is 1. The topological polar surface area (TPSA) is 70.4 Å². The molecule has 0 radical (unpaired) electrons. The number of thioether (sulfide) groups is 1. The maximum absolute atomic E-state index is 12.6. The lowest BCUT2D eigenvalue weighted by atomic mass is 10.0. The lowest BCUT2D eigenvalue weighted by molar-refractivity contribution is 0.419. The highest BCUT2D eigenvalue weighted by molar-refractivity contribution is 9.10. The molecular formula is C20H16BrN3O2S2. The molecule has 0 saturated carbocycles. The third-order valence-corrected chi connectivity index (χ3v) is 6.82. The first-order valence-electron chi connectivity index (χ1n) is 8.55. The predicted molar refractivity (Wildman–Crippen MR) is 119 cm³/mol. The number of fused-ring (bicyclic) bond motifs is 1. The molecule has 1 aliphatic heterocycles.